The van der Waals surface area contributed by atoms with Gasteiger partial charge in [0, 0.05) is 31.9 Å². The summed E-state index contributed by atoms with van der Waals surface area (Å²) in [4.78, 5) is 2.27. The SMILES string of the molecule is CC(C)n1ccc(CN(C)Cc2ccccc2CN)n1. The van der Waals surface area contributed by atoms with Crippen molar-refractivity contribution in [1.29, 1.82) is 0 Å². The van der Waals surface area contributed by atoms with E-state index in [-0.39, 0.29) is 0 Å². The lowest BCUT2D eigenvalue weighted by Crippen LogP contribution is -2.19. The Bertz CT molecular complexity index is 545. The molecule has 1 aromatic heterocycles. The minimum atomic E-state index is 0.409. The van der Waals surface area contributed by atoms with Crippen molar-refractivity contribution < 1.29 is 0 Å². The Morgan fingerprint density at radius 2 is 1.85 bits per heavy atom. The van der Waals surface area contributed by atoms with Gasteiger partial charge in [0.15, 0.2) is 0 Å². The van der Waals surface area contributed by atoms with Gasteiger partial charge in [0.05, 0.1) is 5.69 Å². The van der Waals surface area contributed by atoms with Crippen LogP contribution in [0.5, 0.6) is 0 Å². The van der Waals surface area contributed by atoms with E-state index >= 15 is 0 Å². The third-order valence-corrected chi connectivity index (χ3v) is 3.40. The first kappa shape index (κ1) is 14.8. The molecule has 0 saturated heterocycles. The van der Waals surface area contributed by atoms with Crippen molar-refractivity contribution in [1.82, 2.24) is 14.7 Å². The van der Waals surface area contributed by atoms with Crippen LogP contribution < -0.4 is 5.73 Å². The first-order valence-electron chi connectivity index (χ1n) is 7.09. The molecule has 0 bridgehead atoms. The molecule has 2 rings (SSSR count). The van der Waals surface area contributed by atoms with E-state index in [9.17, 15) is 0 Å². The average molecular weight is 272 g/mol. The zero-order valence-corrected chi connectivity index (χ0v) is 12.6. The zero-order chi connectivity index (χ0) is 14.5. The molecule has 1 heterocycles. The zero-order valence-electron chi connectivity index (χ0n) is 12.6. The number of aromatic nitrogens is 2. The second-order valence-electron chi connectivity index (χ2n) is 5.53. The van der Waals surface area contributed by atoms with Crippen LogP contribution in [-0.2, 0) is 19.6 Å². The Morgan fingerprint density at radius 1 is 1.15 bits per heavy atom. The monoisotopic (exact) mass is 272 g/mol. The van der Waals surface area contributed by atoms with Gasteiger partial charge in [-0.05, 0) is 38.1 Å². The number of hydrogen-bond donors (Lipinski definition) is 1. The van der Waals surface area contributed by atoms with Crippen molar-refractivity contribution >= 4 is 0 Å². The van der Waals surface area contributed by atoms with Gasteiger partial charge >= 0.3 is 0 Å². The van der Waals surface area contributed by atoms with Gasteiger partial charge < -0.3 is 5.73 Å². The highest BCUT2D eigenvalue weighted by Crippen LogP contribution is 2.12. The number of nitrogens with two attached hydrogens (primary N) is 1. The minimum Gasteiger partial charge on any atom is -0.326 e. The largest absolute Gasteiger partial charge is 0.326 e. The predicted octanol–water partition coefficient (Wildman–Crippen LogP) is 2.55. The van der Waals surface area contributed by atoms with Gasteiger partial charge in [-0.1, -0.05) is 24.3 Å². The molecule has 0 spiro atoms. The molecule has 4 heteroatoms. The summed E-state index contributed by atoms with van der Waals surface area (Å²) in [5, 5.41) is 4.58. The molecule has 0 aliphatic heterocycles. The molecule has 0 aliphatic carbocycles. The Morgan fingerprint density at radius 3 is 2.45 bits per heavy atom. The summed E-state index contributed by atoms with van der Waals surface area (Å²) < 4.78 is 2.00. The maximum atomic E-state index is 5.78. The molecule has 2 N–H and O–H groups in total. The fourth-order valence-corrected chi connectivity index (χ4v) is 2.28. The summed E-state index contributed by atoms with van der Waals surface area (Å²) in [7, 11) is 2.11. The van der Waals surface area contributed by atoms with Crippen molar-refractivity contribution in [2.45, 2.75) is 39.5 Å². The molecule has 0 saturated carbocycles. The first-order valence-corrected chi connectivity index (χ1v) is 7.09. The van der Waals surface area contributed by atoms with Crippen LogP contribution in [0.1, 0.15) is 36.7 Å². The lowest BCUT2D eigenvalue weighted by Gasteiger charge is -2.17. The molecule has 0 radical (unpaired) electrons. The Balaban J connectivity index is 1.99. The molecular formula is C16H24N4. The lowest BCUT2D eigenvalue weighted by atomic mass is 10.1. The van der Waals surface area contributed by atoms with E-state index in [0.717, 1.165) is 18.8 Å². The maximum Gasteiger partial charge on any atom is 0.0764 e. The second kappa shape index (κ2) is 6.68. The fraction of sp³-hybridized carbons (Fsp3) is 0.438. The third kappa shape index (κ3) is 3.68. The maximum absolute atomic E-state index is 5.78. The highest BCUT2D eigenvalue weighted by molar-refractivity contribution is 5.26. The molecule has 0 unspecified atom stereocenters. The normalized spacial score (nSPS) is 11.5. The Kier molecular flexibility index (Phi) is 4.93. The topological polar surface area (TPSA) is 47.1 Å². The summed E-state index contributed by atoms with van der Waals surface area (Å²) >= 11 is 0. The van der Waals surface area contributed by atoms with Crippen LogP contribution in [0.25, 0.3) is 0 Å². The van der Waals surface area contributed by atoms with Crippen molar-refractivity contribution in [2.75, 3.05) is 7.05 Å². The molecule has 0 atom stereocenters. The molecule has 0 amide bonds. The molecule has 2 aromatic rings. The summed E-state index contributed by atoms with van der Waals surface area (Å²) in [5.41, 5.74) is 9.39. The van der Waals surface area contributed by atoms with Crippen molar-refractivity contribution in [2.24, 2.45) is 5.73 Å². The van der Waals surface area contributed by atoms with Gasteiger partial charge in [-0.2, -0.15) is 5.10 Å². The van der Waals surface area contributed by atoms with Crippen LogP contribution in [-0.4, -0.2) is 21.7 Å². The van der Waals surface area contributed by atoms with Gasteiger partial charge in [-0.25, -0.2) is 0 Å². The molecule has 1 aromatic carbocycles. The highest BCUT2D eigenvalue weighted by Gasteiger charge is 2.08. The summed E-state index contributed by atoms with van der Waals surface area (Å²) in [6.45, 7) is 6.60. The van der Waals surface area contributed by atoms with Crippen molar-refractivity contribution in [3.05, 3.63) is 53.3 Å². The van der Waals surface area contributed by atoms with E-state index in [0.29, 0.717) is 12.6 Å². The molecule has 108 valence electrons. The molecule has 0 fully saturated rings. The van der Waals surface area contributed by atoms with Gasteiger partial charge in [0.1, 0.15) is 0 Å². The van der Waals surface area contributed by atoms with E-state index < -0.39 is 0 Å². The third-order valence-electron chi connectivity index (χ3n) is 3.40. The number of hydrogen-bond acceptors (Lipinski definition) is 3. The van der Waals surface area contributed by atoms with Crippen LogP contribution in [0, 0.1) is 0 Å². The van der Waals surface area contributed by atoms with Gasteiger partial charge in [-0.15, -0.1) is 0 Å². The van der Waals surface area contributed by atoms with Crippen LogP contribution in [0.4, 0.5) is 0 Å². The Hall–Kier alpha value is -1.65. The van der Waals surface area contributed by atoms with E-state index in [4.69, 9.17) is 5.73 Å². The van der Waals surface area contributed by atoms with Crippen LogP contribution in [0.15, 0.2) is 36.5 Å². The smallest absolute Gasteiger partial charge is 0.0764 e. The van der Waals surface area contributed by atoms with E-state index in [1.54, 1.807) is 0 Å². The molecule has 0 aliphatic rings. The average Bonchev–Trinajstić information content (AvgIpc) is 2.88. The van der Waals surface area contributed by atoms with Crippen LogP contribution in [0.2, 0.25) is 0 Å². The fourth-order valence-electron chi connectivity index (χ4n) is 2.28. The number of rotatable bonds is 6. The highest BCUT2D eigenvalue weighted by atomic mass is 15.3. The van der Waals surface area contributed by atoms with Gasteiger partial charge in [0.2, 0.25) is 0 Å². The van der Waals surface area contributed by atoms with E-state index in [2.05, 4.69) is 55.2 Å². The molecule has 20 heavy (non-hydrogen) atoms. The van der Waals surface area contributed by atoms with E-state index in [1.165, 1.54) is 11.1 Å². The standard InChI is InChI=1S/C16H24N4/c1-13(2)20-9-8-16(18-20)12-19(3)11-15-7-5-4-6-14(15)10-17/h4-9,13H,10-12,17H2,1-3H3. The van der Waals surface area contributed by atoms with Crippen LogP contribution >= 0.6 is 0 Å². The number of benzene rings is 1. The van der Waals surface area contributed by atoms with Gasteiger partial charge in [-0.3, -0.25) is 9.58 Å². The quantitative estimate of drug-likeness (QED) is 0.879. The Labute approximate surface area is 121 Å². The van der Waals surface area contributed by atoms with Crippen LogP contribution in [0.3, 0.4) is 0 Å². The first-order chi connectivity index (χ1) is 9.60. The summed E-state index contributed by atoms with van der Waals surface area (Å²) in [6, 6.07) is 10.8. The summed E-state index contributed by atoms with van der Waals surface area (Å²) in [5.74, 6) is 0. The molecular weight excluding hydrogens is 248 g/mol. The van der Waals surface area contributed by atoms with E-state index in [1.807, 2.05) is 16.9 Å². The lowest BCUT2D eigenvalue weighted by molar-refractivity contribution is 0.312. The molecule has 4 nitrogen and oxygen atoms in total. The van der Waals surface area contributed by atoms with Crippen molar-refractivity contribution in [3.63, 3.8) is 0 Å². The van der Waals surface area contributed by atoms with Crippen molar-refractivity contribution in [3.8, 4) is 0 Å². The second-order valence-corrected chi connectivity index (χ2v) is 5.53. The predicted molar refractivity (Wildman–Crippen MR) is 82.1 cm³/mol. The minimum absolute atomic E-state index is 0.409. The summed E-state index contributed by atoms with van der Waals surface area (Å²) in [6.07, 6.45) is 2.04. The number of nitrogens with zero attached hydrogens (tertiary/aromatic N) is 3. The van der Waals surface area contributed by atoms with Gasteiger partial charge in [0.25, 0.3) is 0 Å².